The van der Waals surface area contributed by atoms with Crippen LogP contribution in [0.5, 0.6) is 0 Å². The summed E-state index contributed by atoms with van der Waals surface area (Å²) in [5.74, 6) is -0.694. The number of aliphatic hydroxyl groups excluding tert-OH is 1. The van der Waals surface area contributed by atoms with Crippen LogP contribution in [0, 0.1) is 0 Å². The first-order valence-electron chi connectivity index (χ1n) is 18.1. The number of aliphatic hydroxyl groups is 1. The van der Waals surface area contributed by atoms with Gasteiger partial charge in [-0.25, -0.2) is 0 Å². The van der Waals surface area contributed by atoms with Crippen LogP contribution >= 0.6 is 0 Å². The minimum atomic E-state index is -0.694. The van der Waals surface area contributed by atoms with E-state index >= 15 is 0 Å². The monoisotopic (exact) mass is 569 g/mol. The number of ether oxygens (including phenoxy) is 1. The van der Waals surface area contributed by atoms with Gasteiger partial charge in [-0.15, -0.1) is 0 Å². The highest BCUT2D eigenvalue weighted by molar-refractivity contribution is 5.66. The molecular formula is C36H72O4. The molecule has 0 aliphatic rings. The molecule has 0 aliphatic carbocycles. The van der Waals surface area contributed by atoms with Crippen LogP contribution in [0.2, 0.25) is 0 Å². The van der Waals surface area contributed by atoms with E-state index in [1.807, 2.05) is 0 Å². The molecule has 0 aromatic heterocycles. The molecule has 0 saturated heterocycles. The summed E-state index contributed by atoms with van der Waals surface area (Å²) in [7, 11) is 0. The minimum Gasteiger partial charge on any atom is -0.481 e. The van der Waals surface area contributed by atoms with Gasteiger partial charge in [0.2, 0.25) is 0 Å². The molecule has 0 aromatic rings. The molecule has 0 rings (SSSR count). The smallest absolute Gasteiger partial charge is 0.303 e. The summed E-state index contributed by atoms with van der Waals surface area (Å²) >= 11 is 0. The summed E-state index contributed by atoms with van der Waals surface area (Å²) < 4.78 is 6.25. The second-order valence-corrected chi connectivity index (χ2v) is 12.5. The highest BCUT2D eigenvalue weighted by atomic mass is 16.5. The fourth-order valence-electron chi connectivity index (χ4n) is 5.74. The van der Waals surface area contributed by atoms with Crippen molar-refractivity contribution in [1.29, 1.82) is 0 Å². The van der Waals surface area contributed by atoms with Crippen molar-refractivity contribution in [3.8, 4) is 0 Å². The van der Waals surface area contributed by atoms with Gasteiger partial charge in [0.25, 0.3) is 0 Å². The zero-order chi connectivity index (χ0) is 29.4. The quantitative estimate of drug-likeness (QED) is 0.0757. The average Bonchev–Trinajstić information content (AvgIpc) is 2.94. The lowest BCUT2D eigenvalue weighted by Gasteiger charge is -2.24. The first kappa shape index (κ1) is 39.4. The fraction of sp³-hybridized carbons (Fsp3) is 0.972. The van der Waals surface area contributed by atoms with E-state index in [4.69, 9.17) is 9.84 Å². The van der Waals surface area contributed by atoms with Crippen molar-refractivity contribution in [1.82, 2.24) is 0 Å². The Morgan fingerprint density at radius 3 is 1.27 bits per heavy atom. The minimum absolute atomic E-state index is 0.0361. The molecular weight excluding hydrogens is 496 g/mol. The van der Waals surface area contributed by atoms with Crippen LogP contribution in [-0.2, 0) is 9.53 Å². The Balaban J connectivity index is 3.87. The van der Waals surface area contributed by atoms with Crippen LogP contribution < -0.4 is 0 Å². The molecule has 240 valence electrons. The summed E-state index contributed by atoms with van der Waals surface area (Å²) in [6.07, 6.45) is 36.2. The Kier molecular flexibility index (Phi) is 32.4. The summed E-state index contributed by atoms with van der Waals surface area (Å²) in [6.45, 7) is 5.31. The van der Waals surface area contributed by atoms with E-state index in [9.17, 15) is 9.90 Å². The Morgan fingerprint density at radius 1 is 0.500 bits per heavy atom. The van der Waals surface area contributed by atoms with E-state index in [0.29, 0.717) is 0 Å². The van der Waals surface area contributed by atoms with Crippen molar-refractivity contribution in [2.45, 2.75) is 219 Å². The Hall–Kier alpha value is -0.610. The molecule has 0 fully saturated rings. The van der Waals surface area contributed by atoms with Gasteiger partial charge in [-0.1, -0.05) is 174 Å². The molecule has 0 saturated carbocycles. The third-order valence-electron chi connectivity index (χ3n) is 8.49. The number of aliphatic carboxylic acids is 1. The zero-order valence-electron chi connectivity index (χ0n) is 27.3. The SMILES string of the molecule is CCCCCCCCCCCCCCCCCCOC(CCCCCCCC(=O)O)C(O)CCCCCCCC. The van der Waals surface area contributed by atoms with Gasteiger partial charge in [-0.2, -0.15) is 0 Å². The van der Waals surface area contributed by atoms with Crippen molar-refractivity contribution in [3.05, 3.63) is 0 Å². The van der Waals surface area contributed by atoms with Crippen molar-refractivity contribution < 1.29 is 19.7 Å². The molecule has 40 heavy (non-hydrogen) atoms. The molecule has 0 heterocycles. The van der Waals surface area contributed by atoms with Crippen LogP contribution in [0.3, 0.4) is 0 Å². The molecule has 0 spiro atoms. The second kappa shape index (κ2) is 32.9. The van der Waals surface area contributed by atoms with Crippen LogP contribution in [0.4, 0.5) is 0 Å². The molecule has 0 amide bonds. The van der Waals surface area contributed by atoms with E-state index < -0.39 is 5.97 Å². The topological polar surface area (TPSA) is 66.8 Å². The molecule has 0 radical (unpaired) electrons. The van der Waals surface area contributed by atoms with E-state index in [1.54, 1.807) is 0 Å². The molecule has 0 aliphatic heterocycles. The standard InChI is InChI=1S/C36H72O4/c1-3-5-7-9-11-12-13-14-15-16-17-18-19-20-25-29-33-40-35(31-27-23-21-24-28-32-36(38)39)34(37)30-26-22-10-8-6-4-2/h34-35,37H,3-33H2,1-2H3,(H,38,39). The molecule has 2 N–H and O–H groups in total. The number of carboxylic acid groups (broad SMARTS) is 1. The van der Waals surface area contributed by atoms with Gasteiger partial charge in [0, 0.05) is 13.0 Å². The predicted molar refractivity (Wildman–Crippen MR) is 173 cm³/mol. The maximum atomic E-state index is 10.9. The normalized spacial score (nSPS) is 13.1. The summed E-state index contributed by atoms with van der Waals surface area (Å²) in [5.41, 5.74) is 0. The van der Waals surface area contributed by atoms with Gasteiger partial charge in [0.05, 0.1) is 12.2 Å². The van der Waals surface area contributed by atoms with Crippen molar-refractivity contribution in [2.75, 3.05) is 6.61 Å². The van der Waals surface area contributed by atoms with Crippen LogP contribution in [0.1, 0.15) is 206 Å². The number of carbonyl (C=O) groups is 1. The molecule has 4 nitrogen and oxygen atoms in total. The highest BCUT2D eigenvalue weighted by Gasteiger charge is 2.19. The predicted octanol–water partition coefficient (Wildman–Crippen LogP) is 11.6. The molecule has 2 atom stereocenters. The van der Waals surface area contributed by atoms with E-state index in [-0.39, 0.29) is 18.6 Å². The molecule has 4 heteroatoms. The molecule has 0 bridgehead atoms. The Labute approximate surface area is 250 Å². The van der Waals surface area contributed by atoms with Crippen molar-refractivity contribution in [3.63, 3.8) is 0 Å². The zero-order valence-corrected chi connectivity index (χ0v) is 27.3. The van der Waals surface area contributed by atoms with Gasteiger partial charge < -0.3 is 14.9 Å². The Bertz CT molecular complexity index is 495. The molecule has 2 unspecified atom stereocenters. The van der Waals surface area contributed by atoms with Gasteiger partial charge in [0.15, 0.2) is 0 Å². The summed E-state index contributed by atoms with van der Waals surface area (Å²) in [5, 5.41) is 19.6. The van der Waals surface area contributed by atoms with Crippen LogP contribution in [0.15, 0.2) is 0 Å². The Morgan fingerprint density at radius 2 is 0.850 bits per heavy atom. The van der Waals surface area contributed by atoms with E-state index in [2.05, 4.69) is 13.8 Å². The summed E-state index contributed by atoms with van der Waals surface area (Å²) in [6, 6.07) is 0. The lowest BCUT2D eigenvalue weighted by molar-refractivity contribution is -0.137. The van der Waals surface area contributed by atoms with E-state index in [1.165, 1.54) is 128 Å². The number of unbranched alkanes of at least 4 members (excludes halogenated alkanes) is 24. The molecule has 0 aromatic carbocycles. The largest absolute Gasteiger partial charge is 0.481 e. The maximum absolute atomic E-state index is 10.9. The second-order valence-electron chi connectivity index (χ2n) is 12.5. The third kappa shape index (κ3) is 30.4. The number of rotatable bonds is 34. The van der Waals surface area contributed by atoms with Crippen LogP contribution in [-0.4, -0.2) is 35.0 Å². The highest BCUT2D eigenvalue weighted by Crippen LogP contribution is 2.19. The van der Waals surface area contributed by atoms with E-state index in [0.717, 1.165) is 64.4 Å². The van der Waals surface area contributed by atoms with Crippen molar-refractivity contribution in [2.24, 2.45) is 0 Å². The number of hydrogen-bond donors (Lipinski definition) is 2. The van der Waals surface area contributed by atoms with Gasteiger partial charge >= 0.3 is 5.97 Å². The number of hydrogen-bond acceptors (Lipinski definition) is 3. The van der Waals surface area contributed by atoms with Crippen LogP contribution in [0.25, 0.3) is 0 Å². The maximum Gasteiger partial charge on any atom is 0.303 e. The van der Waals surface area contributed by atoms with Gasteiger partial charge in [-0.05, 0) is 25.7 Å². The van der Waals surface area contributed by atoms with Crippen molar-refractivity contribution >= 4 is 5.97 Å². The average molecular weight is 569 g/mol. The number of carboxylic acids is 1. The first-order valence-corrected chi connectivity index (χ1v) is 18.1. The lowest BCUT2D eigenvalue weighted by Crippen LogP contribution is -2.29. The first-order chi connectivity index (χ1) is 19.6. The van der Waals surface area contributed by atoms with Gasteiger partial charge in [0.1, 0.15) is 0 Å². The fourth-order valence-corrected chi connectivity index (χ4v) is 5.74. The lowest BCUT2D eigenvalue weighted by atomic mass is 9.99. The summed E-state index contributed by atoms with van der Waals surface area (Å²) in [4.78, 5) is 10.7. The third-order valence-corrected chi connectivity index (χ3v) is 8.49. The van der Waals surface area contributed by atoms with Gasteiger partial charge in [-0.3, -0.25) is 4.79 Å².